The summed E-state index contributed by atoms with van der Waals surface area (Å²) in [5.74, 6) is 0.895. The summed E-state index contributed by atoms with van der Waals surface area (Å²) in [5, 5.41) is 28.5. The molecule has 0 heterocycles. The van der Waals surface area contributed by atoms with E-state index in [1.54, 1.807) is 7.11 Å². The van der Waals surface area contributed by atoms with E-state index in [1.807, 2.05) is 24.3 Å². The Labute approximate surface area is 195 Å². The molecule has 182 valence electrons. The van der Waals surface area contributed by atoms with Crippen LogP contribution < -0.4 is 9.47 Å². The molecular weight excluding hydrogens is 426 g/mol. The summed E-state index contributed by atoms with van der Waals surface area (Å²) in [5.41, 5.74) is 0.881. The summed E-state index contributed by atoms with van der Waals surface area (Å²) in [6.45, 7) is 2.25. The Morgan fingerprint density at radius 3 is 1.91 bits per heavy atom. The maximum atomic E-state index is 10.2. The van der Waals surface area contributed by atoms with Crippen LogP contribution in [0.4, 0.5) is 10.5 Å². The Balaban J connectivity index is 0.000000361. The Bertz CT molecular complexity index is 807. The number of aliphatic hydroxyl groups excluding tert-OH is 1. The average Bonchev–Trinajstić information content (AvgIpc) is 2.81. The van der Waals surface area contributed by atoms with Gasteiger partial charge in [0.1, 0.15) is 11.5 Å². The van der Waals surface area contributed by atoms with Gasteiger partial charge in [0.15, 0.2) is 0 Å². The molecule has 8 heteroatoms. The zero-order valence-corrected chi connectivity index (χ0v) is 19.4. The number of carboxylic acid groups (broad SMARTS) is 1. The molecule has 1 atom stereocenters. The van der Waals surface area contributed by atoms with Crippen molar-refractivity contribution in [2.75, 3.05) is 7.11 Å². The summed E-state index contributed by atoms with van der Waals surface area (Å²) < 4.78 is 9.36. The number of aliphatic hydroxyl groups is 1. The van der Waals surface area contributed by atoms with Crippen molar-refractivity contribution in [3.05, 3.63) is 64.2 Å². The molecule has 0 aromatic heterocycles. The standard InChI is InChI=1S/C18H30O2.C7H5NO5/c1-3-4-5-6-7-8-9-10-11-18(19)16-12-14-17(20-2)15-13-16;9-7(10)13-6-3-1-5(2-4-6)8(11)12/h12-15,18-19H,3-11H2,1-2H3;1-4H,(H,9,10). The summed E-state index contributed by atoms with van der Waals surface area (Å²) in [7, 11) is 1.66. The first kappa shape index (κ1) is 27.9. The number of carbonyl (C=O) groups is 1. The van der Waals surface area contributed by atoms with Crippen LogP contribution in [0, 0.1) is 10.1 Å². The number of ether oxygens (including phenoxy) is 2. The van der Waals surface area contributed by atoms with E-state index in [0.29, 0.717) is 0 Å². The predicted molar refractivity (Wildman–Crippen MR) is 127 cm³/mol. The van der Waals surface area contributed by atoms with E-state index in [2.05, 4.69) is 11.7 Å². The molecule has 2 aromatic carbocycles. The van der Waals surface area contributed by atoms with Gasteiger partial charge in [-0.25, -0.2) is 4.79 Å². The molecule has 0 aliphatic heterocycles. The van der Waals surface area contributed by atoms with Crippen LogP contribution in [0.3, 0.4) is 0 Å². The summed E-state index contributed by atoms with van der Waals surface area (Å²) >= 11 is 0. The molecule has 0 spiro atoms. The van der Waals surface area contributed by atoms with Gasteiger partial charge >= 0.3 is 6.16 Å². The third-order valence-electron chi connectivity index (χ3n) is 5.08. The van der Waals surface area contributed by atoms with Gasteiger partial charge in [0.05, 0.1) is 18.1 Å². The topological polar surface area (TPSA) is 119 Å². The van der Waals surface area contributed by atoms with E-state index in [-0.39, 0.29) is 17.5 Å². The molecule has 0 aliphatic carbocycles. The van der Waals surface area contributed by atoms with Crippen LogP contribution in [0.25, 0.3) is 0 Å². The highest BCUT2D eigenvalue weighted by atomic mass is 16.7. The van der Waals surface area contributed by atoms with Crippen LogP contribution in [0.15, 0.2) is 48.5 Å². The highest BCUT2D eigenvalue weighted by molar-refractivity contribution is 5.61. The van der Waals surface area contributed by atoms with Crippen LogP contribution in [-0.4, -0.2) is 28.4 Å². The first-order valence-corrected chi connectivity index (χ1v) is 11.3. The highest BCUT2D eigenvalue weighted by Gasteiger charge is 2.07. The van der Waals surface area contributed by atoms with Gasteiger partial charge in [-0.2, -0.15) is 0 Å². The van der Waals surface area contributed by atoms with Crippen molar-refractivity contribution in [1.82, 2.24) is 0 Å². The second kappa shape index (κ2) is 16.5. The lowest BCUT2D eigenvalue weighted by molar-refractivity contribution is -0.384. The summed E-state index contributed by atoms with van der Waals surface area (Å²) in [6.07, 6.45) is 9.51. The second-order valence-electron chi connectivity index (χ2n) is 7.67. The molecule has 8 nitrogen and oxygen atoms in total. The van der Waals surface area contributed by atoms with Gasteiger partial charge in [-0.05, 0) is 36.2 Å². The molecule has 2 rings (SSSR count). The van der Waals surface area contributed by atoms with Gasteiger partial charge in [-0.3, -0.25) is 10.1 Å². The maximum absolute atomic E-state index is 10.2. The monoisotopic (exact) mass is 461 g/mol. The minimum Gasteiger partial charge on any atom is -0.497 e. The number of methoxy groups -OCH3 is 1. The van der Waals surface area contributed by atoms with Gasteiger partial charge < -0.3 is 19.7 Å². The number of hydrogen-bond donors (Lipinski definition) is 2. The largest absolute Gasteiger partial charge is 0.511 e. The summed E-state index contributed by atoms with van der Waals surface area (Å²) in [4.78, 5) is 19.6. The third-order valence-corrected chi connectivity index (χ3v) is 5.08. The highest BCUT2D eigenvalue weighted by Crippen LogP contribution is 2.22. The minimum atomic E-state index is -1.45. The lowest BCUT2D eigenvalue weighted by atomic mass is 10.0. The number of nitro groups is 1. The molecule has 1 unspecified atom stereocenters. The Morgan fingerprint density at radius 2 is 1.42 bits per heavy atom. The van der Waals surface area contributed by atoms with Crippen molar-refractivity contribution in [2.24, 2.45) is 0 Å². The van der Waals surface area contributed by atoms with Gasteiger partial charge in [0.2, 0.25) is 0 Å². The molecule has 2 aromatic rings. The van der Waals surface area contributed by atoms with Crippen LogP contribution in [0.5, 0.6) is 11.5 Å². The van der Waals surface area contributed by atoms with Gasteiger partial charge in [0, 0.05) is 12.1 Å². The van der Waals surface area contributed by atoms with E-state index >= 15 is 0 Å². The second-order valence-corrected chi connectivity index (χ2v) is 7.67. The van der Waals surface area contributed by atoms with Crippen LogP contribution in [0.2, 0.25) is 0 Å². The smallest absolute Gasteiger partial charge is 0.497 e. The van der Waals surface area contributed by atoms with Crippen molar-refractivity contribution in [1.29, 1.82) is 0 Å². The average molecular weight is 462 g/mol. The Kier molecular flexibility index (Phi) is 13.9. The molecule has 0 amide bonds. The minimum absolute atomic E-state index is 0.0538. The Hall–Kier alpha value is -3.13. The molecule has 0 fully saturated rings. The van der Waals surface area contributed by atoms with Crippen molar-refractivity contribution in [3.8, 4) is 11.5 Å². The zero-order valence-electron chi connectivity index (χ0n) is 19.4. The van der Waals surface area contributed by atoms with Crippen molar-refractivity contribution in [3.63, 3.8) is 0 Å². The number of nitrogens with zero attached hydrogens (tertiary/aromatic N) is 1. The molecule has 0 aliphatic rings. The number of benzene rings is 2. The first-order valence-electron chi connectivity index (χ1n) is 11.3. The Morgan fingerprint density at radius 1 is 0.909 bits per heavy atom. The molecule has 33 heavy (non-hydrogen) atoms. The molecule has 0 saturated heterocycles. The fraction of sp³-hybridized carbons (Fsp3) is 0.480. The SMILES string of the molecule is CCCCCCCCCCC(O)c1ccc(OC)cc1.O=C(O)Oc1ccc([N+](=O)[O-])cc1. The van der Waals surface area contributed by atoms with Crippen molar-refractivity contribution >= 4 is 11.8 Å². The maximum Gasteiger partial charge on any atom is 0.511 e. The van der Waals surface area contributed by atoms with E-state index in [4.69, 9.17) is 9.84 Å². The third kappa shape index (κ3) is 12.5. The number of nitro benzene ring substituents is 1. The van der Waals surface area contributed by atoms with E-state index in [0.717, 1.165) is 36.3 Å². The lowest BCUT2D eigenvalue weighted by Gasteiger charge is -2.11. The molecule has 0 saturated carbocycles. The quantitative estimate of drug-likeness (QED) is 0.109. The number of unbranched alkanes of at least 4 members (excludes halogenated alkanes) is 7. The number of rotatable bonds is 13. The van der Waals surface area contributed by atoms with E-state index < -0.39 is 11.1 Å². The van der Waals surface area contributed by atoms with Crippen LogP contribution in [-0.2, 0) is 0 Å². The fourth-order valence-electron chi connectivity index (χ4n) is 3.20. The van der Waals surface area contributed by atoms with Crippen molar-refractivity contribution in [2.45, 2.75) is 70.8 Å². The predicted octanol–water partition coefficient (Wildman–Crippen LogP) is 6.91. The van der Waals surface area contributed by atoms with Crippen LogP contribution >= 0.6 is 0 Å². The number of hydrogen-bond acceptors (Lipinski definition) is 6. The lowest BCUT2D eigenvalue weighted by Crippen LogP contribution is -2.02. The fourth-order valence-corrected chi connectivity index (χ4v) is 3.20. The first-order chi connectivity index (χ1) is 15.9. The van der Waals surface area contributed by atoms with Crippen LogP contribution in [0.1, 0.15) is 76.4 Å². The molecule has 2 N–H and O–H groups in total. The van der Waals surface area contributed by atoms with Crippen molar-refractivity contribution < 1.29 is 29.4 Å². The molecule has 0 radical (unpaired) electrons. The van der Waals surface area contributed by atoms with Gasteiger partial charge in [0.25, 0.3) is 5.69 Å². The normalized spacial score (nSPS) is 11.1. The molecular formula is C25H35NO7. The van der Waals surface area contributed by atoms with E-state index in [1.165, 1.54) is 57.1 Å². The number of non-ortho nitro benzene ring substituents is 1. The van der Waals surface area contributed by atoms with E-state index in [9.17, 15) is 20.0 Å². The zero-order chi connectivity index (χ0) is 24.5. The van der Waals surface area contributed by atoms with Gasteiger partial charge in [-0.1, -0.05) is 70.4 Å². The van der Waals surface area contributed by atoms with Gasteiger partial charge in [-0.15, -0.1) is 0 Å². The summed E-state index contributed by atoms with van der Waals surface area (Å²) in [6, 6.07) is 12.5. The molecule has 0 bridgehead atoms.